The van der Waals surface area contributed by atoms with Crippen molar-refractivity contribution < 1.29 is 15.0 Å². The average molecular weight is 250 g/mol. The van der Waals surface area contributed by atoms with Gasteiger partial charge in [0.2, 0.25) is 0 Å². The zero-order valence-electron chi connectivity index (χ0n) is 8.59. The van der Waals surface area contributed by atoms with Crippen LogP contribution in [0.5, 0.6) is 5.75 Å². The van der Waals surface area contributed by atoms with Crippen LogP contribution in [0.2, 0.25) is 5.02 Å². The van der Waals surface area contributed by atoms with Gasteiger partial charge in [-0.25, -0.2) is 4.79 Å². The maximum absolute atomic E-state index is 10.9. The molecule has 0 aliphatic heterocycles. The van der Waals surface area contributed by atoms with E-state index in [1.807, 2.05) is 0 Å². The third-order valence-corrected chi connectivity index (χ3v) is 2.47. The van der Waals surface area contributed by atoms with Crippen LogP contribution in [0.3, 0.4) is 0 Å². The minimum absolute atomic E-state index is 0.185. The lowest BCUT2D eigenvalue weighted by molar-refractivity contribution is 0.0693. The largest absolute Gasteiger partial charge is 0.505 e. The number of aromatic carboxylic acids is 1. The third kappa shape index (κ3) is 2.37. The van der Waals surface area contributed by atoms with E-state index in [1.54, 1.807) is 24.3 Å². The van der Waals surface area contributed by atoms with Crippen LogP contribution >= 0.6 is 11.6 Å². The molecule has 0 radical (unpaired) electrons. The molecule has 2 rings (SSSR count). The van der Waals surface area contributed by atoms with Crippen LogP contribution in [-0.4, -0.2) is 21.2 Å². The highest BCUT2D eigenvalue weighted by Crippen LogP contribution is 2.25. The number of carbonyl (C=O) groups is 1. The van der Waals surface area contributed by atoms with Gasteiger partial charge in [-0.1, -0.05) is 23.7 Å². The summed E-state index contributed by atoms with van der Waals surface area (Å²) in [4.78, 5) is 14.8. The number of carboxylic acids is 1. The highest BCUT2D eigenvalue weighted by atomic mass is 35.5. The second-order valence-electron chi connectivity index (χ2n) is 3.40. The lowest BCUT2D eigenvalue weighted by Crippen LogP contribution is -1.98. The topological polar surface area (TPSA) is 70.4 Å². The van der Waals surface area contributed by atoms with Gasteiger partial charge < -0.3 is 10.2 Å². The fourth-order valence-electron chi connectivity index (χ4n) is 1.43. The van der Waals surface area contributed by atoms with Gasteiger partial charge in [0.15, 0.2) is 0 Å². The maximum atomic E-state index is 10.9. The predicted molar refractivity (Wildman–Crippen MR) is 63.3 cm³/mol. The molecule has 0 aliphatic rings. The van der Waals surface area contributed by atoms with Crippen molar-refractivity contribution in [2.75, 3.05) is 0 Å². The van der Waals surface area contributed by atoms with Crippen molar-refractivity contribution in [3.8, 4) is 17.0 Å². The molecule has 1 heterocycles. The van der Waals surface area contributed by atoms with Gasteiger partial charge in [-0.15, -0.1) is 0 Å². The second-order valence-corrected chi connectivity index (χ2v) is 3.84. The fourth-order valence-corrected chi connectivity index (χ4v) is 1.62. The van der Waals surface area contributed by atoms with E-state index in [4.69, 9.17) is 16.7 Å². The molecule has 0 spiro atoms. The van der Waals surface area contributed by atoms with E-state index in [2.05, 4.69) is 4.98 Å². The minimum atomic E-state index is -1.20. The number of halogens is 1. The first-order valence-electron chi connectivity index (χ1n) is 4.76. The van der Waals surface area contributed by atoms with Gasteiger partial charge in [0.1, 0.15) is 11.3 Å². The number of nitrogens with zero attached hydrogens (tertiary/aromatic N) is 1. The number of pyridine rings is 1. The van der Waals surface area contributed by atoms with Gasteiger partial charge in [-0.3, -0.25) is 4.98 Å². The summed E-state index contributed by atoms with van der Waals surface area (Å²) in [5, 5.41) is 18.8. The smallest absolute Gasteiger partial charge is 0.339 e. The zero-order valence-corrected chi connectivity index (χ0v) is 9.35. The molecular weight excluding hydrogens is 242 g/mol. The first-order chi connectivity index (χ1) is 8.08. The molecular formula is C12H8ClNO3. The van der Waals surface area contributed by atoms with Crippen molar-refractivity contribution in [1.29, 1.82) is 0 Å². The van der Waals surface area contributed by atoms with E-state index in [9.17, 15) is 9.90 Å². The number of benzene rings is 1. The molecule has 0 saturated heterocycles. The molecule has 0 amide bonds. The Hall–Kier alpha value is -2.07. The monoisotopic (exact) mass is 249 g/mol. The summed E-state index contributed by atoms with van der Waals surface area (Å²) in [5.41, 5.74) is 0.956. The fraction of sp³-hybridized carbons (Fsp3) is 0. The number of carboxylic acid groups (broad SMARTS) is 1. The highest BCUT2D eigenvalue weighted by Gasteiger charge is 2.12. The van der Waals surface area contributed by atoms with Gasteiger partial charge >= 0.3 is 5.97 Å². The van der Waals surface area contributed by atoms with Crippen molar-refractivity contribution in [3.05, 3.63) is 47.1 Å². The second kappa shape index (κ2) is 4.43. The molecule has 0 bridgehead atoms. The Bertz CT molecular complexity index is 584. The highest BCUT2D eigenvalue weighted by molar-refractivity contribution is 6.30. The first-order valence-corrected chi connectivity index (χ1v) is 5.14. The Morgan fingerprint density at radius 1 is 1.29 bits per heavy atom. The van der Waals surface area contributed by atoms with Crippen LogP contribution in [0.1, 0.15) is 10.4 Å². The Labute approximate surface area is 102 Å². The Kier molecular flexibility index (Phi) is 2.97. The number of hydrogen-bond donors (Lipinski definition) is 2. The van der Waals surface area contributed by atoms with Crippen LogP contribution in [0.25, 0.3) is 11.3 Å². The van der Waals surface area contributed by atoms with Crippen LogP contribution < -0.4 is 0 Å². The molecule has 86 valence electrons. The van der Waals surface area contributed by atoms with E-state index >= 15 is 0 Å². The molecule has 1 aromatic heterocycles. The van der Waals surface area contributed by atoms with Crippen molar-refractivity contribution in [2.45, 2.75) is 0 Å². The molecule has 2 aromatic rings. The Balaban J connectivity index is 2.54. The van der Waals surface area contributed by atoms with E-state index in [-0.39, 0.29) is 11.3 Å². The molecule has 0 aliphatic carbocycles. The lowest BCUT2D eigenvalue weighted by Gasteiger charge is -2.04. The quantitative estimate of drug-likeness (QED) is 0.859. The predicted octanol–water partition coefficient (Wildman–Crippen LogP) is 2.81. The lowest BCUT2D eigenvalue weighted by atomic mass is 10.1. The van der Waals surface area contributed by atoms with Crippen LogP contribution in [0.15, 0.2) is 36.5 Å². The number of rotatable bonds is 2. The molecule has 17 heavy (non-hydrogen) atoms. The van der Waals surface area contributed by atoms with Crippen LogP contribution in [0, 0.1) is 0 Å². The summed E-state index contributed by atoms with van der Waals surface area (Å²) in [7, 11) is 0. The minimum Gasteiger partial charge on any atom is -0.505 e. The molecule has 0 atom stereocenters. The van der Waals surface area contributed by atoms with Gasteiger partial charge in [-0.05, 0) is 18.2 Å². The molecule has 1 aromatic carbocycles. The van der Waals surface area contributed by atoms with Crippen LogP contribution in [-0.2, 0) is 0 Å². The third-order valence-electron chi connectivity index (χ3n) is 2.23. The van der Waals surface area contributed by atoms with Gasteiger partial charge in [-0.2, -0.15) is 0 Å². The maximum Gasteiger partial charge on any atom is 0.339 e. The summed E-state index contributed by atoms with van der Waals surface area (Å²) >= 11 is 5.83. The van der Waals surface area contributed by atoms with E-state index in [0.29, 0.717) is 16.3 Å². The van der Waals surface area contributed by atoms with Crippen LogP contribution in [0.4, 0.5) is 0 Å². The normalized spacial score (nSPS) is 10.2. The van der Waals surface area contributed by atoms with Crippen molar-refractivity contribution in [3.63, 3.8) is 0 Å². The molecule has 0 saturated carbocycles. The Morgan fingerprint density at radius 3 is 2.71 bits per heavy atom. The van der Waals surface area contributed by atoms with E-state index in [0.717, 1.165) is 6.20 Å². The molecule has 4 nitrogen and oxygen atoms in total. The van der Waals surface area contributed by atoms with E-state index in [1.165, 1.54) is 6.07 Å². The van der Waals surface area contributed by atoms with Gasteiger partial charge in [0.05, 0.1) is 11.9 Å². The molecule has 0 fully saturated rings. The zero-order chi connectivity index (χ0) is 12.4. The number of hydrogen-bond acceptors (Lipinski definition) is 3. The summed E-state index contributed by atoms with van der Waals surface area (Å²) in [6, 6.07) is 8.20. The first kappa shape index (κ1) is 11.4. The summed E-state index contributed by atoms with van der Waals surface area (Å²) < 4.78 is 0. The molecule has 2 N–H and O–H groups in total. The standard InChI is InChI=1S/C12H8ClNO3/c13-8-3-1-2-7(4-8)10-5-9(12(16)17)11(15)6-14-10/h1-6,15H,(H,16,17). The molecule has 0 unspecified atom stereocenters. The number of aromatic nitrogens is 1. The Morgan fingerprint density at radius 2 is 2.06 bits per heavy atom. The summed E-state index contributed by atoms with van der Waals surface area (Å²) in [5.74, 6) is -1.56. The van der Waals surface area contributed by atoms with Crippen molar-refractivity contribution in [2.24, 2.45) is 0 Å². The molecule has 5 heteroatoms. The number of aromatic hydroxyl groups is 1. The summed E-state index contributed by atoms with van der Waals surface area (Å²) in [6.45, 7) is 0. The van der Waals surface area contributed by atoms with Gasteiger partial charge in [0, 0.05) is 10.6 Å². The average Bonchev–Trinajstić information content (AvgIpc) is 2.29. The van der Waals surface area contributed by atoms with E-state index < -0.39 is 5.97 Å². The SMILES string of the molecule is O=C(O)c1cc(-c2cccc(Cl)c2)ncc1O. The van der Waals surface area contributed by atoms with Crippen molar-refractivity contribution in [1.82, 2.24) is 4.98 Å². The van der Waals surface area contributed by atoms with Gasteiger partial charge in [0.25, 0.3) is 0 Å². The summed E-state index contributed by atoms with van der Waals surface area (Å²) in [6.07, 6.45) is 1.11. The van der Waals surface area contributed by atoms with Crippen molar-refractivity contribution >= 4 is 17.6 Å².